The van der Waals surface area contributed by atoms with Crippen LogP contribution in [0.1, 0.15) is 28.8 Å². The summed E-state index contributed by atoms with van der Waals surface area (Å²) in [7, 11) is -10.5. The molecule has 0 aliphatic heterocycles. The van der Waals surface area contributed by atoms with Gasteiger partial charge in [0.15, 0.2) is 5.78 Å². The maximum atomic E-state index is 14.6. The number of alkyl halides is 17. The molecule has 1 unspecified atom stereocenters. The minimum Gasteiger partial charge on any atom is -0.747 e. The minimum atomic E-state index is -8.83. The Kier molecular flexibility index (Phi) is 16.3. The molecule has 0 heterocycles. The number of Topliss-reactive ketones (excluding diaryl/α,β-unsaturated/α-hetero) is 1. The molecule has 296 valence electrons. The first-order chi connectivity index (χ1) is 22.9. The van der Waals surface area contributed by atoms with Crippen LogP contribution in [0.15, 0.2) is 53.4 Å². The van der Waals surface area contributed by atoms with Crippen LogP contribution in [-0.2, 0) is 26.2 Å². The van der Waals surface area contributed by atoms with E-state index in [1.54, 1.807) is 0 Å². The number of ketones is 1. The van der Waals surface area contributed by atoms with Gasteiger partial charge in [-0.25, -0.2) is 16.8 Å². The van der Waals surface area contributed by atoms with Crippen LogP contribution < -0.4 is 63.9 Å². The van der Waals surface area contributed by atoms with Gasteiger partial charge in [-0.05, 0) is 37.1 Å². The van der Waals surface area contributed by atoms with Gasteiger partial charge < -0.3 is 13.8 Å². The normalized spacial score (nSPS) is 14.8. The van der Waals surface area contributed by atoms with Crippen LogP contribution in [-0.4, -0.2) is 85.3 Å². The van der Waals surface area contributed by atoms with E-state index < -0.39 is 127 Å². The van der Waals surface area contributed by atoms with E-state index in [4.69, 9.17) is 4.74 Å². The van der Waals surface area contributed by atoms with Crippen LogP contribution in [0.2, 0.25) is 0 Å². The zero-order chi connectivity index (χ0) is 40.9. The maximum Gasteiger partial charge on any atom is 1.00 e. The Morgan fingerprint density at radius 3 is 1.35 bits per heavy atom. The molecule has 0 spiro atoms. The summed E-state index contributed by atoms with van der Waals surface area (Å²) in [6.07, 6.45) is -9.39. The molecule has 0 aliphatic carbocycles. The topological polar surface area (TPSA) is 141 Å². The second-order valence-corrected chi connectivity index (χ2v) is 13.3. The maximum absolute atomic E-state index is 14.6. The Balaban J connectivity index is 0.0000140. The first kappa shape index (κ1) is 52.5. The second-order valence-electron chi connectivity index (χ2n) is 10.4. The van der Waals surface area contributed by atoms with E-state index >= 15 is 0 Å². The summed E-state index contributed by atoms with van der Waals surface area (Å²) in [5, 5.41) is -2.64. The van der Waals surface area contributed by atoms with Crippen LogP contribution in [0.3, 0.4) is 0 Å². The quantitative estimate of drug-likeness (QED) is 0.0802. The molecule has 8 nitrogen and oxygen atoms in total. The van der Waals surface area contributed by atoms with Gasteiger partial charge in [0.05, 0.1) is 11.5 Å². The van der Waals surface area contributed by atoms with Gasteiger partial charge in [-0.1, -0.05) is 24.3 Å². The molecule has 2 aromatic rings. The molecule has 0 saturated heterocycles. The van der Waals surface area contributed by atoms with Gasteiger partial charge in [0.2, 0.25) is 0 Å². The molecule has 0 radical (unpaired) electrons. The number of ether oxygens (including phenoxy) is 1. The van der Waals surface area contributed by atoms with E-state index in [2.05, 4.69) is 0 Å². The van der Waals surface area contributed by atoms with Crippen molar-refractivity contribution in [3.05, 3.63) is 59.7 Å². The predicted molar refractivity (Wildman–Crippen MR) is 133 cm³/mol. The zero-order valence-corrected chi connectivity index (χ0v) is 32.0. The van der Waals surface area contributed by atoms with Gasteiger partial charge in [-0.15, -0.1) is 0 Å². The number of rotatable bonds is 16. The molecule has 0 bridgehead atoms. The molecule has 2 aromatic carbocycles. The number of benzene rings is 2. The summed E-state index contributed by atoms with van der Waals surface area (Å²) in [6.45, 7) is -0.541. The SMILES string of the molecule is O=C(c1ccc(C(F)(F)C(F)(F)C(F)(F)C(F)(F)C(F)(F)C(F)(F)C(F)(F)C(F)(F)F)cc1)C(CCCOc1ccc(S(=O)(=O)[O-])cc1)S(=O)(=O)[O-].[Na+].[Na+]. The van der Waals surface area contributed by atoms with Gasteiger partial charge in [-0.2, -0.15) is 74.6 Å². The minimum absolute atomic E-state index is 0. The Morgan fingerprint density at radius 1 is 0.593 bits per heavy atom. The fourth-order valence-electron chi connectivity index (χ4n) is 3.94. The molecule has 1 atom stereocenters. The number of hydrogen-bond acceptors (Lipinski definition) is 8. The molecule has 54 heavy (non-hydrogen) atoms. The van der Waals surface area contributed by atoms with Crippen molar-refractivity contribution in [2.24, 2.45) is 0 Å². The molecule has 0 saturated carbocycles. The molecule has 29 heteroatoms. The van der Waals surface area contributed by atoms with Crippen LogP contribution in [0, 0.1) is 0 Å². The smallest absolute Gasteiger partial charge is 0.747 e. The molecule has 0 N–H and O–H groups in total. The van der Waals surface area contributed by atoms with E-state index in [1.165, 1.54) is 0 Å². The van der Waals surface area contributed by atoms with Gasteiger partial charge in [0.25, 0.3) is 0 Å². The van der Waals surface area contributed by atoms with Gasteiger partial charge in [-0.3, -0.25) is 4.79 Å². The molecular formula is C25H15F17Na2O8S2. The third-order valence-electron chi connectivity index (χ3n) is 6.89. The molecule has 0 aliphatic rings. The number of halogens is 17. The average Bonchev–Trinajstić information content (AvgIpc) is 2.98. The fourth-order valence-corrected chi connectivity index (χ4v) is 5.27. The van der Waals surface area contributed by atoms with Crippen molar-refractivity contribution in [2.45, 2.75) is 70.6 Å². The van der Waals surface area contributed by atoms with Crippen molar-refractivity contribution in [1.82, 2.24) is 0 Å². The van der Waals surface area contributed by atoms with Crippen LogP contribution in [0.25, 0.3) is 0 Å². The Bertz CT molecular complexity index is 1840. The van der Waals surface area contributed by atoms with Crippen molar-refractivity contribution in [3.8, 4) is 5.75 Å². The van der Waals surface area contributed by atoms with E-state index in [1.807, 2.05) is 0 Å². The molecule has 0 amide bonds. The standard InChI is InChI=1S/C25H17F17O8S2.2Na/c26-18(27,19(28,29)20(30,31)21(32,33)22(34,35)23(36,37)24(38,39)25(40,41)42)13-5-3-12(4-6-13)17(43)16(52(47,48)49)2-1-11-50-14-7-9-15(10-8-14)51(44,45)46;;/h3-10,16H,1-2,11H2,(H,44,45,46)(H,47,48,49);;/q;2*+1/p-2. The number of carbonyl (C=O) groups excluding carboxylic acids is 1. The number of hydrogen-bond donors (Lipinski definition) is 0. The van der Waals surface area contributed by atoms with E-state index in [0.29, 0.717) is 0 Å². The van der Waals surface area contributed by atoms with Crippen molar-refractivity contribution < 1.29 is 169 Å². The largest absolute Gasteiger partial charge is 1.00 e. The number of carbonyl (C=O) groups is 1. The van der Waals surface area contributed by atoms with Gasteiger partial charge >= 0.3 is 107 Å². The summed E-state index contributed by atoms with van der Waals surface area (Å²) in [4.78, 5) is 12.0. The molecule has 0 fully saturated rings. The first-order valence-corrected chi connectivity index (χ1v) is 15.8. The molecular weight excluding hydrogens is 861 g/mol. The summed E-state index contributed by atoms with van der Waals surface area (Å²) in [6, 6.07) is 2.21. The predicted octanol–water partition coefficient (Wildman–Crippen LogP) is 1.02. The van der Waals surface area contributed by atoms with Crippen molar-refractivity contribution >= 4 is 26.0 Å². The Labute approximate surface area is 335 Å². The summed E-state index contributed by atoms with van der Waals surface area (Å²) < 4.78 is 303. The molecule has 0 aromatic heterocycles. The fraction of sp³-hybridized carbons (Fsp3) is 0.480. The summed E-state index contributed by atoms with van der Waals surface area (Å²) in [5.41, 5.74) is -3.84. The van der Waals surface area contributed by atoms with Crippen LogP contribution in [0.4, 0.5) is 74.6 Å². The summed E-state index contributed by atoms with van der Waals surface area (Å²) >= 11 is 0. The Hall–Kier alpha value is -1.46. The first-order valence-electron chi connectivity index (χ1n) is 12.9. The van der Waals surface area contributed by atoms with Crippen LogP contribution in [0.5, 0.6) is 5.75 Å². The van der Waals surface area contributed by atoms with Gasteiger partial charge in [0.1, 0.15) is 31.2 Å². The molecule has 2 rings (SSSR count). The third-order valence-corrected chi connectivity index (χ3v) is 8.88. The van der Waals surface area contributed by atoms with E-state index in [-0.39, 0.29) is 77.0 Å². The average molecular weight is 876 g/mol. The van der Waals surface area contributed by atoms with Crippen molar-refractivity contribution in [2.75, 3.05) is 6.61 Å². The Morgan fingerprint density at radius 2 is 0.981 bits per heavy atom. The van der Waals surface area contributed by atoms with Crippen LogP contribution >= 0.6 is 0 Å². The summed E-state index contributed by atoms with van der Waals surface area (Å²) in [5.74, 6) is -60.1. The van der Waals surface area contributed by atoms with Crippen molar-refractivity contribution in [1.29, 1.82) is 0 Å². The van der Waals surface area contributed by atoms with Gasteiger partial charge in [0, 0.05) is 11.1 Å². The van der Waals surface area contributed by atoms with Crippen molar-refractivity contribution in [3.63, 3.8) is 0 Å². The second kappa shape index (κ2) is 16.8. The third kappa shape index (κ3) is 9.45. The van der Waals surface area contributed by atoms with E-state index in [0.717, 1.165) is 24.3 Å². The zero-order valence-electron chi connectivity index (χ0n) is 26.3. The monoisotopic (exact) mass is 876 g/mol. The van der Waals surface area contributed by atoms with E-state index in [9.17, 15) is 105 Å².